The van der Waals surface area contributed by atoms with Crippen LogP contribution in [0.5, 0.6) is 0 Å². The van der Waals surface area contributed by atoms with Crippen molar-refractivity contribution in [3.63, 3.8) is 0 Å². The monoisotopic (exact) mass is 416 g/mol. The van der Waals surface area contributed by atoms with Gasteiger partial charge in [0.15, 0.2) is 0 Å². The molecule has 0 unspecified atom stereocenters. The number of ether oxygens (including phenoxy) is 1. The van der Waals surface area contributed by atoms with Crippen molar-refractivity contribution in [2.75, 3.05) is 13.7 Å². The van der Waals surface area contributed by atoms with Crippen LogP contribution in [0.3, 0.4) is 0 Å². The predicted molar refractivity (Wildman–Crippen MR) is 96.0 cm³/mol. The molecule has 2 aromatic rings. The molecule has 0 bridgehead atoms. The highest BCUT2D eigenvalue weighted by Crippen LogP contribution is 2.16. The Morgan fingerprint density at radius 3 is 2.11 bits per heavy atom. The van der Waals surface area contributed by atoms with Gasteiger partial charge in [-0.05, 0) is 42.4 Å². The molecule has 0 aliphatic carbocycles. The highest BCUT2D eigenvalue weighted by molar-refractivity contribution is 7.89. The molecule has 2 N–H and O–H groups in total. The molecule has 28 heavy (non-hydrogen) atoms. The number of amides is 1. The largest absolute Gasteiger partial charge is 0.411 e. The van der Waals surface area contributed by atoms with Gasteiger partial charge in [0.25, 0.3) is 5.91 Å². The Morgan fingerprint density at radius 1 is 1.00 bits per heavy atom. The van der Waals surface area contributed by atoms with Gasteiger partial charge in [-0.25, -0.2) is 13.1 Å². The first-order valence-electron chi connectivity index (χ1n) is 8.15. The summed E-state index contributed by atoms with van der Waals surface area (Å²) in [5.41, 5.74) is 1.63. The van der Waals surface area contributed by atoms with Gasteiger partial charge in [0.1, 0.15) is 6.61 Å². The van der Waals surface area contributed by atoms with E-state index in [9.17, 15) is 26.4 Å². The second kappa shape index (κ2) is 9.18. The Labute approximate surface area is 160 Å². The number of rotatable bonds is 8. The van der Waals surface area contributed by atoms with Crippen LogP contribution >= 0.6 is 0 Å². The molecule has 10 heteroatoms. The van der Waals surface area contributed by atoms with E-state index >= 15 is 0 Å². The summed E-state index contributed by atoms with van der Waals surface area (Å²) >= 11 is 0. The lowest BCUT2D eigenvalue weighted by Gasteiger charge is -2.09. The normalized spacial score (nSPS) is 12.0. The van der Waals surface area contributed by atoms with Crippen molar-refractivity contribution in [2.45, 2.75) is 24.2 Å². The molecule has 0 saturated heterocycles. The Hall–Kier alpha value is -2.43. The minimum absolute atomic E-state index is 0.0508. The quantitative estimate of drug-likeness (QED) is 0.693. The molecular formula is C18H19F3N2O4S. The maximum absolute atomic E-state index is 12.1. The summed E-state index contributed by atoms with van der Waals surface area (Å²) in [6, 6.07) is 12.1. The van der Waals surface area contributed by atoms with E-state index in [1.54, 1.807) is 24.3 Å². The van der Waals surface area contributed by atoms with Crippen molar-refractivity contribution in [1.82, 2.24) is 10.0 Å². The lowest BCUT2D eigenvalue weighted by molar-refractivity contribution is -0.176. The van der Waals surface area contributed by atoms with Gasteiger partial charge in [0, 0.05) is 12.1 Å². The van der Waals surface area contributed by atoms with Crippen molar-refractivity contribution in [3.05, 3.63) is 65.2 Å². The van der Waals surface area contributed by atoms with E-state index in [4.69, 9.17) is 0 Å². The zero-order valence-corrected chi connectivity index (χ0v) is 15.7. The summed E-state index contributed by atoms with van der Waals surface area (Å²) in [5, 5.41) is 2.69. The van der Waals surface area contributed by atoms with Gasteiger partial charge < -0.3 is 10.1 Å². The van der Waals surface area contributed by atoms with Gasteiger partial charge in [-0.3, -0.25) is 4.79 Å². The summed E-state index contributed by atoms with van der Waals surface area (Å²) in [6.45, 7) is -1.26. The van der Waals surface area contributed by atoms with Crippen LogP contribution in [0.2, 0.25) is 0 Å². The van der Waals surface area contributed by atoms with Gasteiger partial charge in [0.05, 0.1) is 11.5 Å². The van der Waals surface area contributed by atoms with Crippen LogP contribution < -0.4 is 10.0 Å². The Balaban J connectivity index is 1.87. The number of halogens is 3. The van der Waals surface area contributed by atoms with Crippen LogP contribution in [-0.4, -0.2) is 34.2 Å². The molecule has 0 aliphatic rings. The molecule has 0 radical (unpaired) electrons. The lowest BCUT2D eigenvalue weighted by Crippen LogP contribution is -2.23. The molecule has 0 aliphatic heterocycles. The number of benzene rings is 2. The molecule has 0 spiro atoms. The highest BCUT2D eigenvalue weighted by atomic mass is 32.2. The molecule has 0 heterocycles. The molecule has 1 amide bonds. The topological polar surface area (TPSA) is 84.5 Å². The zero-order chi connectivity index (χ0) is 20.8. The summed E-state index contributed by atoms with van der Waals surface area (Å²) in [5.74, 6) is -0.383. The summed E-state index contributed by atoms with van der Waals surface area (Å²) in [6.07, 6.45) is -4.36. The fraction of sp³-hybridized carbons (Fsp3) is 0.278. The summed E-state index contributed by atoms with van der Waals surface area (Å²) < 4.78 is 66.2. The number of alkyl halides is 3. The van der Waals surface area contributed by atoms with Gasteiger partial charge in [0.2, 0.25) is 10.0 Å². The first-order valence-corrected chi connectivity index (χ1v) is 9.63. The zero-order valence-electron chi connectivity index (χ0n) is 14.9. The third-order valence-electron chi connectivity index (χ3n) is 3.71. The molecule has 0 fully saturated rings. The van der Waals surface area contributed by atoms with E-state index in [1.165, 1.54) is 31.3 Å². The number of carbonyl (C=O) groups excluding carboxylic acids is 1. The van der Waals surface area contributed by atoms with E-state index in [0.29, 0.717) is 11.1 Å². The minimum Gasteiger partial charge on any atom is -0.367 e. The fourth-order valence-corrected chi connectivity index (χ4v) is 2.96. The maximum Gasteiger partial charge on any atom is 0.411 e. The van der Waals surface area contributed by atoms with Gasteiger partial charge in [-0.15, -0.1) is 0 Å². The molecule has 152 valence electrons. The van der Waals surface area contributed by atoms with Crippen LogP contribution in [0.4, 0.5) is 13.2 Å². The number of hydrogen-bond donors (Lipinski definition) is 2. The van der Waals surface area contributed by atoms with Crippen LogP contribution in [0, 0.1) is 0 Å². The van der Waals surface area contributed by atoms with Gasteiger partial charge in [-0.1, -0.05) is 24.3 Å². The molecule has 0 aromatic heterocycles. The number of sulfonamides is 1. The minimum atomic E-state index is -4.36. The van der Waals surface area contributed by atoms with E-state index in [0.717, 1.165) is 5.56 Å². The number of nitrogens with one attached hydrogen (secondary N) is 2. The Morgan fingerprint density at radius 2 is 1.57 bits per heavy atom. The smallest absolute Gasteiger partial charge is 0.367 e. The highest BCUT2D eigenvalue weighted by Gasteiger charge is 2.27. The van der Waals surface area contributed by atoms with Crippen molar-refractivity contribution in [1.29, 1.82) is 0 Å². The molecular weight excluding hydrogens is 397 g/mol. The van der Waals surface area contributed by atoms with Crippen molar-refractivity contribution in [3.8, 4) is 0 Å². The van der Waals surface area contributed by atoms with E-state index in [-0.39, 0.29) is 24.0 Å². The van der Waals surface area contributed by atoms with Crippen LogP contribution in [0.1, 0.15) is 21.5 Å². The van der Waals surface area contributed by atoms with Crippen molar-refractivity contribution >= 4 is 15.9 Å². The number of hydrogen-bond acceptors (Lipinski definition) is 4. The number of carbonyl (C=O) groups is 1. The first-order chi connectivity index (χ1) is 13.1. The molecule has 6 nitrogen and oxygen atoms in total. The van der Waals surface area contributed by atoms with Crippen LogP contribution in [0.25, 0.3) is 0 Å². The van der Waals surface area contributed by atoms with E-state index in [2.05, 4.69) is 14.8 Å². The average Bonchev–Trinajstić information content (AvgIpc) is 2.66. The Bertz CT molecular complexity index is 896. The molecule has 0 saturated carbocycles. The fourth-order valence-electron chi connectivity index (χ4n) is 2.23. The summed E-state index contributed by atoms with van der Waals surface area (Å²) in [4.78, 5) is 12.2. The van der Waals surface area contributed by atoms with Gasteiger partial charge >= 0.3 is 6.18 Å². The van der Waals surface area contributed by atoms with Crippen molar-refractivity contribution in [2.24, 2.45) is 0 Å². The molecule has 0 atom stereocenters. The second-order valence-corrected chi connectivity index (χ2v) is 7.73. The van der Waals surface area contributed by atoms with Crippen molar-refractivity contribution < 1.29 is 31.1 Å². The molecule has 2 rings (SSSR count). The van der Waals surface area contributed by atoms with Crippen LogP contribution in [-0.2, 0) is 27.9 Å². The lowest BCUT2D eigenvalue weighted by atomic mass is 10.1. The first kappa shape index (κ1) is 21.9. The SMILES string of the molecule is CNS(=O)(=O)c1ccc(C(=O)NCc2ccc(COCC(F)(F)F)cc2)cc1. The second-order valence-electron chi connectivity index (χ2n) is 5.84. The standard InChI is InChI=1S/C18H19F3N2O4S/c1-22-28(25,26)16-8-6-15(7-9-16)17(24)23-10-13-2-4-14(5-3-13)11-27-12-18(19,20)21/h2-9,22H,10-12H2,1H3,(H,23,24). The maximum atomic E-state index is 12.1. The summed E-state index contributed by atoms with van der Waals surface area (Å²) in [7, 11) is -2.27. The third-order valence-corrected chi connectivity index (χ3v) is 5.14. The third kappa shape index (κ3) is 6.63. The van der Waals surface area contributed by atoms with E-state index in [1.807, 2.05) is 0 Å². The van der Waals surface area contributed by atoms with E-state index < -0.39 is 22.8 Å². The average molecular weight is 416 g/mol. The molecule has 2 aromatic carbocycles. The van der Waals surface area contributed by atoms with Crippen LogP contribution in [0.15, 0.2) is 53.4 Å². The Kier molecular flexibility index (Phi) is 7.17. The predicted octanol–water partition coefficient (Wildman–Crippen LogP) is 2.60. The van der Waals surface area contributed by atoms with Gasteiger partial charge in [-0.2, -0.15) is 13.2 Å².